The quantitative estimate of drug-likeness (QED) is 0.733. The Hall–Kier alpha value is -2.18. The first kappa shape index (κ1) is 19.6. The molecule has 1 aliphatic carbocycles. The van der Waals surface area contributed by atoms with Crippen molar-refractivity contribution in [1.29, 1.82) is 0 Å². The van der Waals surface area contributed by atoms with Crippen LogP contribution in [-0.2, 0) is 21.4 Å². The molecule has 2 aromatic carbocycles. The SMILES string of the molecule is CS(=O)(=O)N(CC(=O)N(Cc1ccccc1)c1ccccc1)C1CCCC1. The second-order valence-corrected chi connectivity index (χ2v) is 8.98. The van der Waals surface area contributed by atoms with Gasteiger partial charge in [-0.25, -0.2) is 8.42 Å². The highest BCUT2D eigenvalue weighted by molar-refractivity contribution is 7.88. The Bertz CT molecular complexity index is 848. The molecule has 27 heavy (non-hydrogen) atoms. The molecule has 0 atom stereocenters. The summed E-state index contributed by atoms with van der Waals surface area (Å²) in [7, 11) is -3.45. The first-order chi connectivity index (χ1) is 12.9. The molecule has 0 unspecified atom stereocenters. The third kappa shape index (κ3) is 5.17. The minimum atomic E-state index is -3.45. The molecule has 1 amide bonds. The van der Waals surface area contributed by atoms with E-state index in [2.05, 4.69) is 0 Å². The Balaban J connectivity index is 1.85. The molecule has 1 saturated carbocycles. The van der Waals surface area contributed by atoms with Crippen molar-refractivity contribution in [3.63, 3.8) is 0 Å². The molecule has 3 rings (SSSR count). The number of para-hydroxylation sites is 1. The van der Waals surface area contributed by atoms with Gasteiger partial charge >= 0.3 is 0 Å². The van der Waals surface area contributed by atoms with Crippen molar-refractivity contribution in [2.45, 2.75) is 38.3 Å². The van der Waals surface area contributed by atoms with Crippen molar-refractivity contribution in [1.82, 2.24) is 4.31 Å². The summed E-state index contributed by atoms with van der Waals surface area (Å²) in [5.41, 5.74) is 1.77. The van der Waals surface area contributed by atoms with Crippen LogP contribution in [0.25, 0.3) is 0 Å². The highest BCUT2D eigenvalue weighted by Gasteiger charge is 2.32. The summed E-state index contributed by atoms with van der Waals surface area (Å²) < 4.78 is 26.0. The standard InChI is InChI=1S/C21H26N2O3S/c1-27(25,26)23(20-14-8-9-15-20)17-21(24)22(19-12-6-3-7-13-19)16-18-10-4-2-5-11-18/h2-7,10-13,20H,8-9,14-17H2,1H3. The van der Waals surface area contributed by atoms with Crippen molar-refractivity contribution in [2.75, 3.05) is 17.7 Å². The Morgan fingerprint density at radius 3 is 2.07 bits per heavy atom. The number of rotatable bonds is 7. The van der Waals surface area contributed by atoms with Crippen LogP contribution >= 0.6 is 0 Å². The summed E-state index contributed by atoms with van der Waals surface area (Å²) in [6.07, 6.45) is 4.87. The van der Waals surface area contributed by atoms with Gasteiger partial charge in [-0.3, -0.25) is 4.79 Å². The summed E-state index contributed by atoms with van der Waals surface area (Å²) in [6, 6.07) is 19.1. The van der Waals surface area contributed by atoms with E-state index >= 15 is 0 Å². The molecular weight excluding hydrogens is 360 g/mol. The van der Waals surface area contributed by atoms with Crippen LogP contribution in [0.5, 0.6) is 0 Å². The van der Waals surface area contributed by atoms with Crippen LogP contribution in [-0.4, -0.2) is 37.5 Å². The fraction of sp³-hybridized carbons (Fsp3) is 0.381. The van der Waals surface area contributed by atoms with Crippen molar-refractivity contribution in [3.8, 4) is 0 Å². The van der Waals surface area contributed by atoms with Crippen molar-refractivity contribution < 1.29 is 13.2 Å². The summed E-state index contributed by atoms with van der Waals surface area (Å²) in [6.45, 7) is 0.289. The van der Waals surface area contributed by atoms with Crippen LogP contribution in [0, 0.1) is 0 Å². The van der Waals surface area contributed by atoms with E-state index < -0.39 is 10.0 Å². The second-order valence-electron chi connectivity index (χ2n) is 7.05. The molecule has 0 radical (unpaired) electrons. The monoisotopic (exact) mass is 386 g/mol. The summed E-state index contributed by atoms with van der Waals surface area (Å²) in [5, 5.41) is 0. The lowest BCUT2D eigenvalue weighted by Crippen LogP contribution is -2.46. The van der Waals surface area contributed by atoms with Gasteiger partial charge in [0.25, 0.3) is 0 Å². The maximum Gasteiger partial charge on any atom is 0.242 e. The van der Waals surface area contributed by atoms with Gasteiger partial charge in [-0.1, -0.05) is 61.4 Å². The molecule has 0 bridgehead atoms. The number of carbonyl (C=O) groups excluding carboxylic acids is 1. The molecular formula is C21H26N2O3S. The Labute approximate surface area is 161 Å². The first-order valence-corrected chi connectivity index (χ1v) is 11.2. The third-order valence-corrected chi connectivity index (χ3v) is 6.28. The Morgan fingerprint density at radius 2 is 1.52 bits per heavy atom. The normalized spacial score (nSPS) is 15.2. The molecule has 5 nitrogen and oxygen atoms in total. The van der Waals surface area contributed by atoms with Crippen molar-refractivity contribution >= 4 is 21.6 Å². The van der Waals surface area contributed by atoms with E-state index in [1.165, 1.54) is 10.6 Å². The van der Waals surface area contributed by atoms with Crippen LogP contribution in [0.2, 0.25) is 0 Å². The van der Waals surface area contributed by atoms with Gasteiger partial charge in [-0.05, 0) is 30.5 Å². The maximum atomic E-state index is 13.2. The third-order valence-electron chi connectivity index (χ3n) is 5.00. The van der Waals surface area contributed by atoms with E-state index in [1.54, 1.807) is 4.90 Å². The van der Waals surface area contributed by atoms with Crippen LogP contribution < -0.4 is 4.90 Å². The number of carbonyl (C=O) groups is 1. The van der Waals surface area contributed by atoms with Gasteiger partial charge in [0.2, 0.25) is 15.9 Å². The molecule has 6 heteroatoms. The lowest BCUT2D eigenvalue weighted by molar-refractivity contribution is -0.119. The zero-order valence-electron chi connectivity index (χ0n) is 15.6. The molecule has 1 fully saturated rings. The maximum absolute atomic E-state index is 13.2. The molecule has 0 aromatic heterocycles. The summed E-state index contributed by atoms with van der Waals surface area (Å²) in [5.74, 6) is -0.206. The fourth-order valence-corrected chi connectivity index (χ4v) is 4.72. The molecule has 0 spiro atoms. The zero-order chi connectivity index (χ0) is 19.3. The molecule has 1 aliphatic rings. The number of hydrogen-bond donors (Lipinski definition) is 0. The Kier molecular flexibility index (Phi) is 6.29. The molecule has 144 valence electrons. The summed E-state index contributed by atoms with van der Waals surface area (Å²) in [4.78, 5) is 14.9. The van der Waals surface area contributed by atoms with E-state index in [1.807, 2.05) is 60.7 Å². The smallest absolute Gasteiger partial charge is 0.242 e. The number of hydrogen-bond acceptors (Lipinski definition) is 3. The van der Waals surface area contributed by atoms with Gasteiger partial charge in [0, 0.05) is 11.7 Å². The van der Waals surface area contributed by atoms with Crippen molar-refractivity contribution in [2.24, 2.45) is 0 Å². The zero-order valence-corrected chi connectivity index (χ0v) is 16.4. The van der Waals surface area contributed by atoms with Gasteiger partial charge in [0.1, 0.15) is 0 Å². The lowest BCUT2D eigenvalue weighted by Gasteiger charge is -2.30. The second kappa shape index (κ2) is 8.67. The minimum Gasteiger partial charge on any atom is -0.307 e. The van der Waals surface area contributed by atoms with E-state index in [0.717, 1.165) is 36.9 Å². The number of sulfonamides is 1. The number of benzene rings is 2. The number of nitrogens with zero attached hydrogens (tertiary/aromatic N) is 2. The Morgan fingerprint density at radius 1 is 0.963 bits per heavy atom. The predicted molar refractivity (Wildman–Crippen MR) is 108 cm³/mol. The van der Waals surface area contributed by atoms with Crippen LogP contribution in [0.15, 0.2) is 60.7 Å². The van der Waals surface area contributed by atoms with Gasteiger partial charge in [0.15, 0.2) is 0 Å². The topological polar surface area (TPSA) is 57.7 Å². The average Bonchev–Trinajstić information content (AvgIpc) is 3.19. The van der Waals surface area contributed by atoms with Crippen LogP contribution in [0.1, 0.15) is 31.2 Å². The first-order valence-electron chi connectivity index (χ1n) is 9.31. The molecule has 2 aromatic rings. The molecule has 0 heterocycles. The average molecular weight is 387 g/mol. The van der Waals surface area contributed by atoms with E-state index in [4.69, 9.17) is 0 Å². The molecule has 0 aliphatic heterocycles. The highest BCUT2D eigenvalue weighted by atomic mass is 32.2. The van der Waals surface area contributed by atoms with Crippen LogP contribution in [0.4, 0.5) is 5.69 Å². The van der Waals surface area contributed by atoms with Crippen LogP contribution in [0.3, 0.4) is 0 Å². The minimum absolute atomic E-state index is 0.0710. The van der Waals surface area contributed by atoms with E-state index in [0.29, 0.717) is 6.54 Å². The lowest BCUT2D eigenvalue weighted by atomic mass is 10.2. The van der Waals surface area contributed by atoms with Crippen molar-refractivity contribution in [3.05, 3.63) is 66.2 Å². The van der Waals surface area contributed by atoms with Gasteiger partial charge < -0.3 is 4.90 Å². The molecule has 0 N–H and O–H groups in total. The number of amides is 1. The predicted octanol–water partition coefficient (Wildman–Crippen LogP) is 3.42. The number of anilines is 1. The fourth-order valence-electron chi connectivity index (χ4n) is 3.63. The van der Waals surface area contributed by atoms with E-state index in [9.17, 15) is 13.2 Å². The largest absolute Gasteiger partial charge is 0.307 e. The molecule has 0 saturated heterocycles. The van der Waals surface area contributed by atoms with Gasteiger partial charge in [-0.2, -0.15) is 4.31 Å². The van der Waals surface area contributed by atoms with Gasteiger partial charge in [0.05, 0.1) is 19.3 Å². The highest BCUT2D eigenvalue weighted by Crippen LogP contribution is 2.26. The van der Waals surface area contributed by atoms with E-state index in [-0.39, 0.29) is 18.5 Å². The van der Waals surface area contributed by atoms with Gasteiger partial charge in [-0.15, -0.1) is 0 Å². The summed E-state index contributed by atoms with van der Waals surface area (Å²) >= 11 is 0.